The summed E-state index contributed by atoms with van der Waals surface area (Å²) >= 11 is 5.99. The Hall–Kier alpha value is -1.63. The quantitative estimate of drug-likeness (QED) is 0.877. The first-order valence-corrected chi connectivity index (χ1v) is 9.49. The van der Waals surface area contributed by atoms with Crippen LogP contribution < -0.4 is 5.32 Å². The number of halogens is 1. The molecule has 1 aliphatic carbocycles. The normalized spacial score (nSPS) is 26.8. The van der Waals surface area contributed by atoms with Crippen LogP contribution in [0.2, 0.25) is 5.02 Å². The van der Waals surface area contributed by atoms with Gasteiger partial charge in [0.2, 0.25) is 11.8 Å². The number of carbonyl (C=O) groups excluding carboxylic acids is 2. The molecule has 26 heavy (non-hydrogen) atoms. The molecule has 0 aromatic heterocycles. The Labute approximate surface area is 157 Å². The number of rotatable bonds is 3. The molecule has 4 rings (SSSR count). The predicted molar refractivity (Wildman–Crippen MR) is 96.9 cm³/mol. The molecule has 2 saturated heterocycles. The van der Waals surface area contributed by atoms with Gasteiger partial charge < -0.3 is 19.7 Å². The summed E-state index contributed by atoms with van der Waals surface area (Å²) in [5.74, 6) is -0.989. The van der Waals surface area contributed by atoms with Gasteiger partial charge in [-0.25, -0.2) is 0 Å². The van der Waals surface area contributed by atoms with Crippen molar-refractivity contribution in [3.63, 3.8) is 0 Å². The van der Waals surface area contributed by atoms with E-state index in [1.807, 2.05) is 17.9 Å². The van der Waals surface area contributed by atoms with Gasteiger partial charge in [-0.3, -0.25) is 9.59 Å². The molecule has 0 radical (unpaired) electrons. The van der Waals surface area contributed by atoms with Crippen molar-refractivity contribution in [3.05, 3.63) is 28.8 Å². The SMILES string of the molecule is Cc1ccc(Cl)cc1NC(=O)C1CC1C(=O)N1CCC2(CC1)OCCO2. The van der Waals surface area contributed by atoms with Gasteiger partial charge in [-0.15, -0.1) is 0 Å². The topological polar surface area (TPSA) is 67.9 Å². The van der Waals surface area contributed by atoms with Gasteiger partial charge in [-0.2, -0.15) is 0 Å². The third-order valence-corrected chi connectivity index (χ3v) is 5.79. The number of benzene rings is 1. The van der Waals surface area contributed by atoms with Crippen LogP contribution in [0, 0.1) is 18.8 Å². The fourth-order valence-corrected chi connectivity index (χ4v) is 3.97. The van der Waals surface area contributed by atoms with Crippen molar-refractivity contribution in [1.29, 1.82) is 0 Å². The lowest BCUT2D eigenvalue weighted by molar-refractivity contribution is -0.187. The van der Waals surface area contributed by atoms with Gasteiger partial charge in [0.1, 0.15) is 0 Å². The molecule has 2 amide bonds. The first kappa shape index (κ1) is 17.8. The average molecular weight is 379 g/mol. The summed E-state index contributed by atoms with van der Waals surface area (Å²) in [5, 5.41) is 3.48. The molecular weight excluding hydrogens is 356 g/mol. The summed E-state index contributed by atoms with van der Waals surface area (Å²) in [6.45, 7) is 4.41. The van der Waals surface area contributed by atoms with Crippen LogP contribution >= 0.6 is 11.6 Å². The average Bonchev–Trinajstić information content (AvgIpc) is 3.32. The molecule has 1 N–H and O–H groups in total. The highest BCUT2D eigenvalue weighted by molar-refractivity contribution is 6.31. The van der Waals surface area contributed by atoms with Crippen molar-refractivity contribution in [2.45, 2.75) is 32.0 Å². The van der Waals surface area contributed by atoms with E-state index in [-0.39, 0.29) is 23.7 Å². The van der Waals surface area contributed by atoms with Gasteiger partial charge in [-0.1, -0.05) is 17.7 Å². The minimum atomic E-state index is -0.485. The zero-order chi connectivity index (χ0) is 18.3. The number of nitrogens with zero attached hydrogens (tertiary/aromatic N) is 1. The highest BCUT2D eigenvalue weighted by Crippen LogP contribution is 2.42. The maximum atomic E-state index is 12.7. The molecule has 2 unspecified atom stereocenters. The van der Waals surface area contributed by atoms with Gasteiger partial charge in [0.25, 0.3) is 0 Å². The van der Waals surface area contributed by atoms with E-state index in [4.69, 9.17) is 21.1 Å². The second-order valence-electron chi connectivity index (χ2n) is 7.33. The van der Waals surface area contributed by atoms with E-state index in [0.717, 1.165) is 5.56 Å². The van der Waals surface area contributed by atoms with Crippen LogP contribution in [-0.2, 0) is 19.1 Å². The number of hydrogen-bond acceptors (Lipinski definition) is 4. The predicted octanol–water partition coefficient (Wildman–Crippen LogP) is 2.59. The standard InChI is InChI=1S/C19H23ClN2O4/c1-12-2-3-13(20)10-16(12)21-17(23)14-11-15(14)18(24)22-6-4-19(5-7-22)25-8-9-26-19/h2-3,10,14-15H,4-9,11H2,1H3,(H,21,23). The van der Waals surface area contributed by atoms with Crippen molar-refractivity contribution in [2.24, 2.45) is 11.8 Å². The van der Waals surface area contributed by atoms with E-state index >= 15 is 0 Å². The van der Waals surface area contributed by atoms with Crippen LogP contribution in [0.3, 0.4) is 0 Å². The van der Waals surface area contributed by atoms with Crippen molar-refractivity contribution >= 4 is 29.1 Å². The third kappa shape index (κ3) is 3.46. The van der Waals surface area contributed by atoms with Gasteiger partial charge in [0, 0.05) is 36.6 Å². The Morgan fingerprint density at radius 1 is 1.19 bits per heavy atom. The van der Waals surface area contributed by atoms with Crippen LogP contribution in [0.5, 0.6) is 0 Å². The second kappa shape index (κ2) is 6.83. The number of anilines is 1. The lowest BCUT2D eigenvalue weighted by Crippen LogP contribution is -2.48. The number of amides is 2. The summed E-state index contributed by atoms with van der Waals surface area (Å²) in [7, 11) is 0. The molecule has 140 valence electrons. The number of hydrogen-bond donors (Lipinski definition) is 1. The van der Waals surface area contributed by atoms with Crippen molar-refractivity contribution in [1.82, 2.24) is 4.90 Å². The first-order chi connectivity index (χ1) is 12.5. The lowest BCUT2D eigenvalue weighted by Gasteiger charge is -2.37. The van der Waals surface area contributed by atoms with E-state index < -0.39 is 5.79 Å². The van der Waals surface area contributed by atoms with E-state index in [2.05, 4.69) is 5.32 Å². The van der Waals surface area contributed by atoms with Gasteiger partial charge in [0.15, 0.2) is 5.79 Å². The van der Waals surface area contributed by atoms with E-state index in [1.165, 1.54) is 0 Å². The summed E-state index contributed by atoms with van der Waals surface area (Å²) in [4.78, 5) is 27.0. The summed E-state index contributed by atoms with van der Waals surface area (Å²) < 4.78 is 11.4. The van der Waals surface area contributed by atoms with Crippen LogP contribution in [0.25, 0.3) is 0 Å². The van der Waals surface area contributed by atoms with Gasteiger partial charge in [-0.05, 0) is 31.0 Å². The monoisotopic (exact) mass is 378 g/mol. The third-order valence-electron chi connectivity index (χ3n) is 5.55. The van der Waals surface area contributed by atoms with Crippen LogP contribution in [-0.4, -0.2) is 48.8 Å². The number of carbonyl (C=O) groups is 2. The smallest absolute Gasteiger partial charge is 0.228 e. The zero-order valence-electron chi connectivity index (χ0n) is 14.8. The minimum Gasteiger partial charge on any atom is -0.347 e. The zero-order valence-corrected chi connectivity index (χ0v) is 15.6. The molecular formula is C19H23ClN2O4. The first-order valence-electron chi connectivity index (χ1n) is 9.11. The Kier molecular flexibility index (Phi) is 4.67. The number of aryl methyl sites for hydroxylation is 1. The number of nitrogens with one attached hydrogen (secondary N) is 1. The summed E-state index contributed by atoms with van der Waals surface area (Å²) in [6, 6.07) is 5.39. The Morgan fingerprint density at radius 3 is 2.58 bits per heavy atom. The number of piperidine rings is 1. The molecule has 2 heterocycles. The highest BCUT2D eigenvalue weighted by atomic mass is 35.5. The van der Waals surface area contributed by atoms with Gasteiger partial charge in [0.05, 0.1) is 25.0 Å². The van der Waals surface area contributed by atoms with E-state index in [0.29, 0.717) is 56.3 Å². The molecule has 1 aromatic rings. The van der Waals surface area contributed by atoms with Crippen molar-refractivity contribution < 1.29 is 19.1 Å². The fraction of sp³-hybridized carbons (Fsp3) is 0.579. The Morgan fingerprint density at radius 2 is 1.88 bits per heavy atom. The summed E-state index contributed by atoms with van der Waals surface area (Å²) in [6.07, 6.45) is 2.01. The molecule has 2 atom stereocenters. The number of ether oxygens (including phenoxy) is 2. The molecule has 6 nitrogen and oxygen atoms in total. The Balaban J connectivity index is 1.31. The summed E-state index contributed by atoms with van der Waals surface area (Å²) in [5.41, 5.74) is 1.65. The number of likely N-dealkylation sites (tertiary alicyclic amines) is 1. The molecule has 2 aliphatic heterocycles. The lowest BCUT2D eigenvalue weighted by atomic mass is 10.0. The van der Waals surface area contributed by atoms with Crippen molar-refractivity contribution in [2.75, 3.05) is 31.6 Å². The minimum absolute atomic E-state index is 0.0702. The van der Waals surface area contributed by atoms with Gasteiger partial charge >= 0.3 is 0 Å². The molecule has 1 spiro atoms. The maximum Gasteiger partial charge on any atom is 0.228 e. The molecule has 7 heteroatoms. The van der Waals surface area contributed by atoms with Crippen LogP contribution in [0.15, 0.2) is 18.2 Å². The molecule has 3 aliphatic rings. The fourth-order valence-electron chi connectivity index (χ4n) is 3.80. The Bertz CT molecular complexity index is 722. The highest BCUT2D eigenvalue weighted by Gasteiger charge is 2.51. The molecule has 1 saturated carbocycles. The van der Waals surface area contributed by atoms with Crippen LogP contribution in [0.4, 0.5) is 5.69 Å². The maximum absolute atomic E-state index is 12.7. The molecule has 1 aromatic carbocycles. The van der Waals surface area contributed by atoms with E-state index in [1.54, 1.807) is 12.1 Å². The van der Waals surface area contributed by atoms with E-state index in [9.17, 15) is 9.59 Å². The second-order valence-corrected chi connectivity index (χ2v) is 7.77. The van der Waals surface area contributed by atoms with Crippen LogP contribution in [0.1, 0.15) is 24.8 Å². The van der Waals surface area contributed by atoms with Crippen molar-refractivity contribution in [3.8, 4) is 0 Å². The largest absolute Gasteiger partial charge is 0.347 e. The molecule has 3 fully saturated rings. The molecule has 0 bridgehead atoms.